The van der Waals surface area contributed by atoms with Crippen molar-refractivity contribution in [3.8, 4) is 12.3 Å². The fourth-order valence-corrected chi connectivity index (χ4v) is 1.73. The highest BCUT2D eigenvalue weighted by Gasteiger charge is 2.09. The van der Waals surface area contributed by atoms with Gasteiger partial charge in [0.2, 0.25) is 0 Å². The zero-order valence-corrected chi connectivity index (χ0v) is 6.60. The standard InChI is InChI=1S/C10H16/c1-2-7-10-8-5-3-4-6-9-10/h1,10H,3-9H2. The van der Waals surface area contributed by atoms with Crippen LogP contribution in [0.25, 0.3) is 0 Å². The summed E-state index contributed by atoms with van der Waals surface area (Å²) in [7, 11) is 0. The number of hydrogen-bond donors (Lipinski definition) is 0. The van der Waals surface area contributed by atoms with E-state index in [1.165, 1.54) is 38.5 Å². The summed E-state index contributed by atoms with van der Waals surface area (Å²) in [5.74, 6) is 3.62. The molecule has 1 rings (SSSR count). The van der Waals surface area contributed by atoms with E-state index >= 15 is 0 Å². The van der Waals surface area contributed by atoms with Crippen molar-refractivity contribution in [1.29, 1.82) is 0 Å². The Balaban J connectivity index is 2.23. The summed E-state index contributed by atoms with van der Waals surface area (Å²) in [6, 6.07) is 0. The molecule has 0 amide bonds. The number of rotatable bonds is 1. The van der Waals surface area contributed by atoms with E-state index in [1.807, 2.05) is 0 Å². The van der Waals surface area contributed by atoms with Gasteiger partial charge in [0.1, 0.15) is 0 Å². The predicted octanol–water partition coefficient (Wildman–Crippen LogP) is 2.98. The van der Waals surface area contributed by atoms with Gasteiger partial charge in [0, 0.05) is 6.42 Å². The maximum Gasteiger partial charge on any atom is 0.0114 e. The lowest BCUT2D eigenvalue weighted by atomic mass is 9.97. The lowest BCUT2D eigenvalue weighted by Crippen LogP contribution is -1.95. The van der Waals surface area contributed by atoms with Gasteiger partial charge in [0.05, 0.1) is 0 Å². The molecule has 0 aromatic heterocycles. The van der Waals surface area contributed by atoms with Gasteiger partial charge in [-0.05, 0) is 18.8 Å². The maximum atomic E-state index is 5.26. The van der Waals surface area contributed by atoms with Crippen LogP contribution >= 0.6 is 0 Å². The first-order chi connectivity index (χ1) is 4.93. The van der Waals surface area contributed by atoms with E-state index in [0.29, 0.717) is 0 Å². The van der Waals surface area contributed by atoms with Gasteiger partial charge in [-0.2, -0.15) is 0 Å². The van der Waals surface area contributed by atoms with E-state index in [2.05, 4.69) is 5.92 Å². The molecule has 0 heteroatoms. The van der Waals surface area contributed by atoms with Gasteiger partial charge < -0.3 is 0 Å². The second kappa shape index (κ2) is 4.39. The molecule has 0 bridgehead atoms. The SMILES string of the molecule is C#CCC1CCCCCC1. The Bertz CT molecular complexity index is 110. The Morgan fingerprint density at radius 1 is 1.10 bits per heavy atom. The molecule has 1 aliphatic carbocycles. The van der Waals surface area contributed by atoms with Crippen LogP contribution in [0.3, 0.4) is 0 Å². The molecule has 0 atom stereocenters. The van der Waals surface area contributed by atoms with E-state index in [9.17, 15) is 0 Å². The lowest BCUT2D eigenvalue weighted by molar-refractivity contribution is 0.472. The van der Waals surface area contributed by atoms with Gasteiger partial charge in [0.15, 0.2) is 0 Å². The molecular weight excluding hydrogens is 120 g/mol. The highest BCUT2D eigenvalue weighted by Crippen LogP contribution is 2.24. The summed E-state index contributed by atoms with van der Waals surface area (Å²) in [5.41, 5.74) is 0. The van der Waals surface area contributed by atoms with Crippen LogP contribution < -0.4 is 0 Å². The first-order valence-electron chi connectivity index (χ1n) is 4.37. The van der Waals surface area contributed by atoms with Crippen LogP contribution in [-0.4, -0.2) is 0 Å². The Kier molecular flexibility index (Phi) is 3.36. The second-order valence-electron chi connectivity index (χ2n) is 3.27. The van der Waals surface area contributed by atoms with Crippen LogP contribution in [0.4, 0.5) is 0 Å². The average Bonchev–Trinajstić information content (AvgIpc) is 2.17. The van der Waals surface area contributed by atoms with Crippen LogP contribution in [0.1, 0.15) is 44.9 Å². The van der Waals surface area contributed by atoms with Gasteiger partial charge in [-0.1, -0.05) is 25.7 Å². The van der Waals surface area contributed by atoms with E-state index in [0.717, 1.165) is 12.3 Å². The van der Waals surface area contributed by atoms with Crippen LogP contribution in [-0.2, 0) is 0 Å². The molecule has 0 heterocycles. The van der Waals surface area contributed by atoms with Crippen molar-refractivity contribution in [2.24, 2.45) is 5.92 Å². The van der Waals surface area contributed by atoms with Gasteiger partial charge in [-0.25, -0.2) is 0 Å². The highest BCUT2D eigenvalue weighted by atomic mass is 14.1. The fraction of sp³-hybridized carbons (Fsp3) is 0.800. The van der Waals surface area contributed by atoms with Gasteiger partial charge >= 0.3 is 0 Å². The molecule has 1 saturated carbocycles. The minimum atomic E-state index is 0.854. The fourth-order valence-electron chi connectivity index (χ4n) is 1.73. The number of terminal acetylenes is 1. The largest absolute Gasteiger partial charge is 0.120 e. The Hall–Kier alpha value is -0.440. The van der Waals surface area contributed by atoms with Crippen LogP contribution in [0.5, 0.6) is 0 Å². The summed E-state index contributed by atoms with van der Waals surface area (Å²) >= 11 is 0. The van der Waals surface area contributed by atoms with Crippen molar-refractivity contribution in [3.05, 3.63) is 0 Å². The molecule has 56 valence electrons. The molecule has 0 saturated heterocycles. The van der Waals surface area contributed by atoms with E-state index in [4.69, 9.17) is 6.42 Å². The third-order valence-electron chi connectivity index (χ3n) is 2.38. The van der Waals surface area contributed by atoms with Crippen molar-refractivity contribution < 1.29 is 0 Å². The zero-order valence-electron chi connectivity index (χ0n) is 6.60. The molecule has 0 nitrogen and oxygen atoms in total. The highest BCUT2D eigenvalue weighted by molar-refractivity contribution is 4.87. The van der Waals surface area contributed by atoms with Crippen molar-refractivity contribution in [2.75, 3.05) is 0 Å². The minimum Gasteiger partial charge on any atom is -0.120 e. The minimum absolute atomic E-state index is 0.854. The maximum absolute atomic E-state index is 5.26. The van der Waals surface area contributed by atoms with Gasteiger partial charge in [-0.3, -0.25) is 0 Å². The number of hydrogen-bond acceptors (Lipinski definition) is 0. The van der Waals surface area contributed by atoms with Crippen molar-refractivity contribution >= 4 is 0 Å². The first-order valence-corrected chi connectivity index (χ1v) is 4.37. The first kappa shape index (κ1) is 7.66. The second-order valence-corrected chi connectivity index (χ2v) is 3.27. The Labute approximate surface area is 64.0 Å². The molecule has 0 radical (unpaired) electrons. The average molecular weight is 136 g/mol. The Morgan fingerprint density at radius 3 is 2.20 bits per heavy atom. The van der Waals surface area contributed by atoms with E-state index in [1.54, 1.807) is 0 Å². The molecule has 10 heavy (non-hydrogen) atoms. The third-order valence-corrected chi connectivity index (χ3v) is 2.38. The molecule has 1 fully saturated rings. The molecular formula is C10H16. The molecule has 1 aliphatic rings. The monoisotopic (exact) mass is 136 g/mol. The molecule has 0 spiro atoms. The summed E-state index contributed by atoms with van der Waals surface area (Å²) in [6.07, 6.45) is 14.7. The summed E-state index contributed by atoms with van der Waals surface area (Å²) in [4.78, 5) is 0. The summed E-state index contributed by atoms with van der Waals surface area (Å²) in [5, 5.41) is 0. The predicted molar refractivity (Wildman–Crippen MR) is 44.6 cm³/mol. The smallest absolute Gasteiger partial charge is 0.0114 e. The van der Waals surface area contributed by atoms with E-state index < -0.39 is 0 Å². The van der Waals surface area contributed by atoms with Crippen molar-refractivity contribution in [1.82, 2.24) is 0 Å². The van der Waals surface area contributed by atoms with Crippen LogP contribution in [0.2, 0.25) is 0 Å². The normalized spacial score (nSPS) is 21.5. The zero-order chi connectivity index (χ0) is 7.23. The molecule has 0 N–H and O–H groups in total. The van der Waals surface area contributed by atoms with E-state index in [-0.39, 0.29) is 0 Å². The van der Waals surface area contributed by atoms with Gasteiger partial charge in [-0.15, -0.1) is 12.3 Å². The third kappa shape index (κ3) is 2.43. The molecule has 0 aromatic rings. The molecule has 0 aromatic carbocycles. The summed E-state index contributed by atoms with van der Waals surface area (Å²) < 4.78 is 0. The van der Waals surface area contributed by atoms with Crippen LogP contribution in [0.15, 0.2) is 0 Å². The lowest BCUT2D eigenvalue weighted by Gasteiger charge is -2.08. The van der Waals surface area contributed by atoms with Gasteiger partial charge in [0.25, 0.3) is 0 Å². The Morgan fingerprint density at radius 2 is 1.70 bits per heavy atom. The van der Waals surface area contributed by atoms with Crippen LogP contribution in [0, 0.1) is 18.3 Å². The quantitative estimate of drug-likeness (QED) is 0.384. The van der Waals surface area contributed by atoms with Crippen molar-refractivity contribution in [2.45, 2.75) is 44.9 Å². The topological polar surface area (TPSA) is 0 Å². The molecule has 0 unspecified atom stereocenters. The molecule has 0 aliphatic heterocycles. The van der Waals surface area contributed by atoms with Crippen molar-refractivity contribution in [3.63, 3.8) is 0 Å². The summed E-state index contributed by atoms with van der Waals surface area (Å²) in [6.45, 7) is 0.